The van der Waals surface area contributed by atoms with E-state index in [2.05, 4.69) is 15.9 Å². The number of hydrogen-bond acceptors (Lipinski definition) is 2. The van der Waals surface area contributed by atoms with Crippen LogP contribution in [0, 0.1) is 5.82 Å². The summed E-state index contributed by atoms with van der Waals surface area (Å²) in [6.45, 7) is 1.99. The first kappa shape index (κ1) is 16.3. The minimum absolute atomic E-state index is 0.196. The standard InChI is InChI=1S/C16H16BrClFNO/c1-2-15(20)16(10-3-5-11(18)6-4-10)21-12-7-8-13(17)14(19)9-12/h3-9,15-16H,2,20H2,1H3. The molecule has 112 valence electrons. The van der Waals surface area contributed by atoms with Gasteiger partial charge in [-0.2, -0.15) is 0 Å². The van der Waals surface area contributed by atoms with Crippen LogP contribution in [-0.4, -0.2) is 6.04 Å². The van der Waals surface area contributed by atoms with Crippen molar-refractivity contribution >= 4 is 27.5 Å². The SMILES string of the molecule is CCC(N)C(Oc1ccc(Br)c(F)c1)c1ccc(Cl)cc1. The summed E-state index contributed by atoms with van der Waals surface area (Å²) in [5, 5.41) is 0.650. The van der Waals surface area contributed by atoms with E-state index in [0.29, 0.717) is 15.2 Å². The average Bonchev–Trinajstić information content (AvgIpc) is 2.48. The third-order valence-corrected chi connectivity index (χ3v) is 4.11. The summed E-state index contributed by atoms with van der Waals surface area (Å²) in [7, 11) is 0. The van der Waals surface area contributed by atoms with Crippen LogP contribution in [0.2, 0.25) is 5.02 Å². The van der Waals surface area contributed by atoms with Crippen molar-refractivity contribution in [3.05, 3.63) is 63.3 Å². The first-order valence-corrected chi connectivity index (χ1v) is 7.81. The minimum Gasteiger partial charge on any atom is -0.484 e. The lowest BCUT2D eigenvalue weighted by atomic mass is 10.0. The smallest absolute Gasteiger partial charge is 0.141 e. The first-order chi connectivity index (χ1) is 10.0. The summed E-state index contributed by atoms with van der Waals surface area (Å²) in [6.07, 6.45) is 0.389. The molecule has 2 aromatic carbocycles. The van der Waals surface area contributed by atoms with Gasteiger partial charge in [-0.05, 0) is 52.2 Å². The molecule has 0 aromatic heterocycles. The van der Waals surface area contributed by atoms with Crippen LogP contribution in [0.5, 0.6) is 5.75 Å². The lowest BCUT2D eigenvalue weighted by molar-refractivity contribution is 0.170. The Bertz CT molecular complexity index is 606. The summed E-state index contributed by atoms with van der Waals surface area (Å²) in [5.41, 5.74) is 7.06. The molecule has 0 bridgehead atoms. The van der Waals surface area contributed by atoms with Gasteiger partial charge in [-0.15, -0.1) is 0 Å². The van der Waals surface area contributed by atoms with E-state index in [-0.39, 0.29) is 18.0 Å². The molecule has 0 heterocycles. The fourth-order valence-corrected chi connectivity index (χ4v) is 2.34. The molecular formula is C16H16BrClFNO. The quantitative estimate of drug-likeness (QED) is 0.792. The maximum atomic E-state index is 13.6. The molecule has 0 saturated heterocycles. The van der Waals surface area contributed by atoms with Gasteiger partial charge in [-0.25, -0.2) is 4.39 Å². The van der Waals surface area contributed by atoms with Crippen molar-refractivity contribution in [1.29, 1.82) is 0 Å². The Morgan fingerprint density at radius 3 is 2.48 bits per heavy atom. The fourth-order valence-electron chi connectivity index (χ4n) is 1.97. The number of benzene rings is 2. The fraction of sp³-hybridized carbons (Fsp3) is 0.250. The molecule has 2 rings (SSSR count). The Balaban J connectivity index is 2.28. The second-order valence-electron chi connectivity index (χ2n) is 4.74. The Labute approximate surface area is 137 Å². The Hall–Kier alpha value is -1.10. The molecule has 2 N–H and O–H groups in total. The molecule has 0 aliphatic rings. The Morgan fingerprint density at radius 2 is 1.90 bits per heavy atom. The molecule has 0 spiro atoms. The summed E-state index contributed by atoms with van der Waals surface area (Å²) in [4.78, 5) is 0. The average molecular weight is 373 g/mol. The maximum absolute atomic E-state index is 13.6. The predicted molar refractivity (Wildman–Crippen MR) is 87.2 cm³/mol. The van der Waals surface area contributed by atoms with E-state index in [1.807, 2.05) is 19.1 Å². The van der Waals surface area contributed by atoms with E-state index in [1.54, 1.807) is 24.3 Å². The van der Waals surface area contributed by atoms with Gasteiger partial charge in [-0.1, -0.05) is 30.7 Å². The molecule has 0 amide bonds. The lowest BCUT2D eigenvalue weighted by Gasteiger charge is -2.25. The van der Waals surface area contributed by atoms with Gasteiger partial charge in [-0.3, -0.25) is 0 Å². The molecule has 2 atom stereocenters. The third-order valence-electron chi connectivity index (χ3n) is 3.21. The highest BCUT2D eigenvalue weighted by atomic mass is 79.9. The van der Waals surface area contributed by atoms with Gasteiger partial charge < -0.3 is 10.5 Å². The number of ether oxygens (including phenoxy) is 1. The second-order valence-corrected chi connectivity index (χ2v) is 6.03. The number of nitrogens with two attached hydrogens (primary N) is 1. The van der Waals surface area contributed by atoms with Gasteiger partial charge >= 0.3 is 0 Å². The molecule has 0 fully saturated rings. The molecule has 2 nitrogen and oxygen atoms in total. The van der Waals surface area contributed by atoms with Crippen molar-refractivity contribution in [2.45, 2.75) is 25.5 Å². The van der Waals surface area contributed by atoms with E-state index in [4.69, 9.17) is 22.1 Å². The van der Waals surface area contributed by atoms with Gasteiger partial charge in [0.1, 0.15) is 17.7 Å². The van der Waals surface area contributed by atoms with Crippen LogP contribution in [-0.2, 0) is 0 Å². The van der Waals surface area contributed by atoms with Crippen molar-refractivity contribution in [2.75, 3.05) is 0 Å². The van der Waals surface area contributed by atoms with E-state index in [0.717, 1.165) is 12.0 Å². The van der Waals surface area contributed by atoms with Gasteiger partial charge in [0.2, 0.25) is 0 Å². The molecule has 21 heavy (non-hydrogen) atoms. The van der Waals surface area contributed by atoms with Crippen molar-refractivity contribution in [2.24, 2.45) is 5.73 Å². The van der Waals surface area contributed by atoms with Crippen LogP contribution in [0.25, 0.3) is 0 Å². The molecular weight excluding hydrogens is 357 g/mol. The molecule has 2 aromatic rings. The van der Waals surface area contributed by atoms with Gasteiger partial charge in [0.25, 0.3) is 0 Å². The summed E-state index contributed by atoms with van der Waals surface area (Å²) < 4.78 is 19.9. The zero-order valence-electron chi connectivity index (χ0n) is 11.5. The molecule has 0 saturated carbocycles. The van der Waals surface area contributed by atoms with Crippen molar-refractivity contribution in [1.82, 2.24) is 0 Å². The van der Waals surface area contributed by atoms with Gasteiger partial charge in [0.15, 0.2) is 0 Å². The number of halogens is 3. The van der Waals surface area contributed by atoms with Crippen LogP contribution in [0.3, 0.4) is 0 Å². The highest BCUT2D eigenvalue weighted by molar-refractivity contribution is 9.10. The summed E-state index contributed by atoms with van der Waals surface area (Å²) in [5.74, 6) is 0.0759. The number of rotatable bonds is 5. The first-order valence-electron chi connectivity index (χ1n) is 6.64. The molecule has 2 unspecified atom stereocenters. The summed E-state index contributed by atoms with van der Waals surface area (Å²) >= 11 is 9.02. The minimum atomic E-state index is -0.368. The second kappa shape index (κ2) is 7.25. The predicted octanol–water partition coefficient (Wildman–Crippen LogP) is 5.10. The van der Waals surface area contributed by atoms with Crippen LogP contribution in [0.15, 0.2) is 46.9 Å². The molecule has 0 radical (unpaired) electrons. The van der Waals surface area contributed by atoms with E-state index in [9.17, 15) is 4.39 Å². The van der Waals surface area contributed by atoms with E-state index < -0.39 is 0 Å². The number of hydrogen-bond donors (Lipinski definition) is 1. The third kappa shape index (κ3) is 4.19. The largest absolute Gasteiger partial charge is 0.484 e. The van der Waals surface area contributed by atoms with Crippen molar-refractivity contribution in [3.8, 4) is 5.75 Å². The maximum Gasteiger partial charge on any atom is 0.141 e. The lowest BCUT2D eigenvalue weighted by Crippen LogP contribution is -2.31. The highest BCUT2D eigenvalue weighted by Crippen LogP contribution is 2.28. The molecule has 0 aliphatic carbocycles. The van der Waals surface area contributed by atoms with E-state index in [1.165, 1.54) is 6.07 Å². The van der Waals surface area contributed by atoms with Crippen molar-refractivity contribution in [3.63, 3.8) is 0 Å². The van der Waals surface area contributed by atoms with E-state index >= 15 is 0 Å². The van der Waals surface area contributed by atoms with Crippen LogP contribution in [0.4, 0.5) is 4.39 Å². The van der Waals surface area contributed by atoms with Crippen LogP contribution < -0.4 is 10.5 Å². The Kier molecular flexibility index (Phi) is 5.62. The zero-order valence-corrected chi connectivity index (χ0v) is 13.9. The van der Waals surface area contributed by atoms with Crippen molar-refractivity contribution < 1.29 is 9.13 Å². The summed E-state index contributed by atoms with van der Waals surface area (Å²) in [6, 6.07) is 11.8. The normalized spacial score (nSPS) is 13.8. The van der Waals surface area contributed by atoms with Gasteiger partial charge in [0.05, 0.1) is 4.47 Å². The molecule has 5 heteroatoms. The van der Waals surface area contributed by atoms with Crippen LogP contribution >= 0.6 is 27.5 Å². The Morgan fingerprint density at radius 1 is 1.24 bits per heavy atom. The zero-order chi connectivity index (χ0) is 15.4. The topological polar surface area (TPSA) is 35.2 Å². The molecule has 0 aliphatic heterocycles. The highest BCUT2D eigenvalue weighted by Gasteiger charge is 2.21. The van der Waals surface area contributed by atoms with Gasteiger partial charge in [0, 0.05) is 17.1 Å². The monoisotopic (exact) mass is 371 g/mol. The van der Waals surface area contributed by atoms with Crippen LogP contribution in [0.1, 0.15) is 25.0 Å².